The van der Waals surface area contributed by atoms with Crippen molar-refractivity contribution in [1.82, 2.24) is 15.3 Å². The molecule has 0 radical (unpaired) electrons. The molecule has 0 aliphatic carbocycles. The molecule has 0 bridgehead atoms. The average Bonchev–Trinajstić information content (AvgIpc) is 2.30. The lowest BCUT2D eigenvalue weighted by molar-refractivity contribution is 0.389. The van der Waals surface area contributed by atoms with Gasteiger partial charge in [-0.1, -0.05) is 33.6 Å². The Morgan fingerprint density at radius 3 is 2.53 bits per heavy atom. The van der Waals surface area contributed by atoms with Crippen molar-refractivity contribution in [2.24, 2.45) is 5.92 Å². The van der Waals surface area contributed by atoms with Crippen molar-refractivity contribution in [1.29, 1.82) is 0 Å². The number of nitrogens with one attached hydrogen (secondary N) is 1. The fraction of sp³-hybridized carbons (Fsp3) is 0.714. The molecule has 0 saturated heterocycles. The van der Waals surface area contributed by atoms with Gasteiger partial charge in [-0.3, -0.25) is 9.97 Å². The van der Waals surface area contributed by atoms with Crippen molar-refractivity contribution in [2.75, 3.05) is 6.54 Å². The Balaban J connectivity index is 2.67. The topological polar surface area (TPSA) is 37.8 Å². The fourth-order valence-corrected chi connectivity index (χ4v) is 2.15. The van der Waals surface area contributed by atoms with Gasteiger partial charge in [-0.2, -0.15) is 0 Å². The predicted molar refractivity (Wildman–Crippen MR) is 71.9 cm³/mol. The number of aryl methyl sites for hydroxylation is 1. The van der Waals surface area contributed by atoms with Crippen LogP contribution in [0.4, 0.5) is 0 Å². The van der Waals surface area contributed by atoms with E-state index in [-0.39, 0.29) is 0 Å². The van der Waals surface area contributed by atoms with Gasteiger partial charge in [0.15, 0.2) is 0 Å². The van der Waals surface area contributed by atoms with Gasteiger partial charge >= 0.3 is 0 Å². The maximum absolute atomic E-state index is 4.49. The zero-order chi connectivity index (χ0) is 12.7. The molecule has 96 valence electrons. The summed E-state index contributed by atoms with van der Waals surface area (Å²) in [6, 6.07) is 0.342. The van der Waals surface area contributed by atoms with Crippen molar-refractivity contribution < 1.29 is 0 Å². The third-order valence-corrected chi connectivity index (χ3v) is 3.03. The number of hydrogen-bond donors (Lipinski definition) is 1. The first-order valence-corrected chi connectivity index (χ1v) is 6.69. The number of hydrogen-bond acceptors (Lipinski definition) is 3. The van der Waals surface area contributed by atoms with Crippen LogP contribution in [0.3, 0.4) is 0 Å². The van der Waals surface area contributed by atoms with Crippen LogP contribution in [0.15, 0.2) is 12.4 Å². The molecule has 1 aromatic heterocycles. The van der Waals surface area contributed by atoms with E-state index in [2.05, 4.69) is 36.1 Å². The smallest absolute Gasteiger partial charge is 0.0756 e. The second kappa shape index (κ2) is 7.38. The van der Waals surface area contributed by atoms with E-state index < -0.39 is 0 Å². The van der Waals surface area contributed by atoms with E-state index in [9.17, 15) is 0 Å². The summed E-state index contributed by atoms with van der Waals surface area (Å²) in [5.41, 5.74) is 2.05. The molecule has 1 rings (SSSR count). The lowest BCUT2D eigenvalue weighted by Gasteiger charge is -2.21. The summed E-state index contributed by atoms with van der Waals surface area (Å²) in [5.74, 6) is 0.729. The Labute approximate surface area is 105 Å². The third-order valence-electron chi connectivity index (χ3n) is 3.03. The van der Waals surface area contributed by atoms with Gasteiger partial charge in [-0.05, 0) is 25.8 Å². The molecule has 0 aromatic carbocycles. The first kappa shape index (κ1) is 14.1. The lowest BCUT2D eigenvalue weighted by atomic mass is 9.95. The van der Waals surface area contributed by atoms with Gasteiger partial charge in [0.2, 0.25) is 0 Å². The maximum Gasteiger partial charge on any atom is 0.0756 e. The molecule has 1 aromatic rings. The molecule has 3 heteroatoms. The molecule has 1 heterocycles. The van der Waals surface area contributed by atoms with Gasteiger partial charge in [0.1, 0.15) is 0 Å². The molecule has 0 saturated carbocycles. The van der Waals surface area contributed by atoms with Crippen LogP contribution in [0.1, 0.15) is 57.5 Å². The van der Waals surface area contributed by atoms with Crippen molar-refractivity contribution in [3.8, 4) is 0 Å². The molecule has 0 aliphatic rings. The highest BCUT2D eigenvalue weighted by molar-refractivity contribution is 5.06. The van der Waals surface area contributed by atoms with E-state index in [1.165, 1.54) is 12.8 Å². The monoisotopic (exact) mass is 235 g/mol. The van der Waals surface area contributed by atoms with Crippen molar-refractivity contribution >= 4 is 0 Å². The second-order valence-corrected chi connectivity index (χ2v) is 4.82. The Morgan fingerprint density at radius 1 is 1.24 bits per heavy atom. The molecule has 2 unspecified atom stereocenters. The van der Waals surface area contributed by atoms with Gasteiger partial charge in [0.05, 0.1) is 23.6 Å². The summed E-state index contributed by atoms with van der Waals surface area (Å²) in [4.78, 5) is 8.82. The van der Waals surface area contributed by atoms with Gasteiger partial charge in [-0.25, -0.2) is 0 Å². The highest BCUT2D eigenvalue weighted by Crippen LogP contribution is 2.22. The number of aromatic nitrogens is 2. The van der Waals surface area contributed by atoms with Crippen LogP contribution >= 0.6 is 0 Å². The van der Waals surface area contributed by atoms with Crippen LogP contribution in [-0.2, 0) is 0 Å². The first-order chi connectivity index (χ1) is 8.17. The van der Waals surface area contributed by atoms with Crippen LogP contribution in [0.5, 0.6) is 0 Å². The van der Waals surface area contributed by atoms with Crippen LogP contribution in [0.25, 0.3) is 0 Å². The van der Waals surface area contributed by atoms with E-state index in [0.717, 1.165) is 30.3 Å². The maximum atomic E-state index is 4.49. The molecular formula is C14H25N3. The van der Waals surface area contributed by atoms with Crippen molar-refractivity contribution in [3.63, 3.8) is 0 Å². The minimum atomic E-state index is 0.342. The zero-order valence-electron chi connectivity index (χ0n) is 11.5. The van der Waals surface area contributed by atoms with Crippen molar-refractivity contribution in [3.05, 3.63) is 23.8 Å². The largest absolute Gasteiger partial charge is 0.309 e. The summed E-state index contributed by atoms with van der Waals surface area (Å²) in [6.45, 7) is 9.64. The van der Waals surface area contributed by atoms with Gasteiger partial charge in [0.25, 0.3) is 0 Å². The third kappa shape index (κ3) is 4.82. The normalized spacial score (nSPS) is 14.6. The molecular weight excluding hydrogens is 210 g/mol. The zero-order valence-corrected chi connectivity index (χ0v) is 11.5. The lowest BCUT2D eigenvalue weighted by Crippen LogP contribution is -2.24. The fourth-order valence-electron chi connectivity index (χ4n) is 2.15. The highest BCUT2D eigenvalue weighted by atomic mass is 14.9. The SMILES string of the molecule is CCCC(C)CC(NCC)c1cnc(C)cn1. The number of nitrogens with zero attached hydrogens (tertiary/aromatic N) is 2. The highest BCUT2D eigenvalue weighted by Gasteiger charge is 2.15. The van der Waals surface area contributed by atoms with Crippen molar-refractivity contribution in [2.45, 2.75) is 53.0 Å². The Bertz CT molecular complexity index is 308. The quantitative estimate of drug-likeness (QED) is 0.788. The summed E-state index contributed by atoms with van der Waals surface area (Å²) in [7, 11) is 0. The van der Waals surface area contributed by atoms with Gasteiger partial charge < -0.3 is 5.32 Å². The standard InChI is InChI=1S/C14H25N3/c1-5-7-11(3)8-13(15-6-2)14-10-16-12(4)9-17-14/h9-11,13,15H,5-8H2,1-4H3. The van der Waals surface area contributed by atoms with Gasteiger partial charge in [0, 0.05) is 6.20 Å². The van der Waals surface area contributed by atoms with E-state index >= 15 is 0 Å². The van der Waals surface area contributed by atoms with Crippen LogP contribution < -0.4 is 5.32 Å². The molecule has 0 fully saturated rings. The summed E-state index contributed by atoms with van der Waals surface area (Å²) in [5, 5.41) is 3.51. The predicted octanol–water partition coefficient (Wildman–Crippen LogP) is 3.26. The molecule has 2 atom stereocenters. The second-order valence-electron chi connectivity index (χ2n) is 4.82. The average molecular weight is 235 g/mol. The van der Waals surface area contributed by atoms with Gasteiger partial charge in [-0.15, -0.1) is 0 Å². The molecule has 17 heavy (non-hydrogen) atoms. The van der Waals surface area contributed by atoms with E-state index in [1.807, 2.05) is 19.3 Å². The molecule has 3 nitrogen and oxygen atoms in total. The Kier molecular flexibility index (Phi) is 6.12. The first-order valence-electron chi connectivity index (χ1n) is 6.69. The summed E-state index contributed by atoms with van der Waals surface area (Å²) in [6.07, 6.45) is 7.42. The molecule has 0 spiro atoms. The minimum Gasteiger partial charge on any atom is -0.309 e. The summed E-state index contributed by atoms with van der Waals surface area (Å²) < 4.78 is 0. The molecule has 0 amide bonds. The number of rotatable bonds is 7. The summed E-state index contributed by atoms with van der Waals surface area (Å²) >= 11 is 0. The van der Waals surface area contributed by atoms with Crippen LogP contribution in [0, 0.1) is 12.8 Å². The molecule has 0 aliphatic heterocycles. The van der Waals surface area contributed by atoms with E-state index in [4.69, 9.17) is 0 Å². The Hall–Kier alpha value is -0.960. The van der Waals surface area contributed by atoms with E-state index in [0.29, 0.717) is 6.04 Å². The minimum absolute atomic E-state index is 0.342. The molecule has 1 N–H and O–H groups in total. The van der Waals surface area contributed by atoms with Crippen LogP contribution in [0.2, 0.25) is 0 Å². The Morgan fingerprint density at radius 2 is 2.00 bits per heavy atom. The van der Waals surface area contributed by atoms with Crippen LogP contribution in [-0.4, -0.2) is 16.5 Å². The van der Waals surface area contributed by atoms with E-state index in [1.54, 1.807) is 0 Å².